The van der Waals surface area contributed by atoms with Crippen molar-refractivity contribution in [1.82, 2.24) is 10.3 Å². The summed E-state index contributed by atoms with van der Waals surface area (Å²) in [5, 5.41) is 7.74. The average Bonchev–Trinajstić information content (AvgIpc) is 2.87. The van der Waals surface area contributed by atoms with E-state index >= 15 is 0 Å². The fraction of sp³-hybridized carbons (Fsp3) is 0.545. The first-order chi connectivity index (χ1) is 8.97. The van der Waals surface area contributed by atoms with Gasteiger partial charge in [-0.05, 0) is 24.8 Å². The summed E-state index contributed by atoms with van der Waals surface area (Å²) in [5.41, 5.74) is 0.191. The summed E-state index contributed by atoms with van der Waals surface area (Å²) in [6.07, 6.45) is 3.06. The van der Waals surface area contributed by atoms with Crippen molar-refractivity contribution in [3.8, 4) is 0 Å². The lowest BCUT2D eigenvalue weighted by Gasteiger charge is -2.21. The second kappa shape index (κ2) is 5.72. The molecule has 0 atom stereocenters. The zero-order chi connectivity index (χ0) is 13.9. The van der Waals surface area contributed by atoms with Crippen LogP contribution in [0.5, 0.6) is 0 Å². The first-order valence-electron chi connectivity index (χ1n) is 6.04. The molecule has 1 aromatic rings. The van der Waals surface area contributed by atoms with Crippen LogP contribution in [0.15, 0.2) is 17.2 Å². The first-order valence-corrected chi connectivity index (χ1v) is 7.58. The maximum absolute atomic E-state index is 11.8. The molecule has 1 aliphatic heterocycles. The number of nitrogens with two attached hydrogens (primary N) is 1. The quantitative estimate of drug-likeness (QED) is 0.712. The van der Waals surface area contributed by atoms with Crippen molar-refractivity contribution in [3.63, 3.8) is 0 Å². The van der Waals surface area contributed by atoms with Gasteiger partial charge in [0, 0.05) is 26.0 Å². The minimum atomic E-state index is -3.78. The molecule has 0 aliphatic carbocycles. The normalized spacial score (nSPS) is 17.3. The van der Waals surface area contributed by atoms with Crippen LogP contribution in [-0.4, -0.2) is 39.1 Å². The number of carbonyl (C=O) groups is 1. The number of H-pyrrole nitrogens is 1. The minimum Gasteiger partial charge on any atom is -0.381 e. The molecule has 19 heavy (non-hydrogen) atoms. The van der Waals surface area contributed by atoms with Crippen molar-refractivity contribution in [3.05, 3.63) is 18.0 Å². The summed E-state index contributed by atoms with van der Waals surface area (Å²) >= 11 is 0. The number of rotatable bonds is 4. The average molecular weight is 287 g/mol. The highest BCUT2D eigenvalue weighted by Gasteiger charge is 2.17. The summed E-state index contributed by atoms with van der Waals surface area (Å²) in [4.78, 5) is 14.3. The van der Waals surface area contributed by atoms with Crippen molar-refractivity contribution in [2.75, 3.05) is 19.8 Å². The van der Waals surface area contributed by atoms with Gasteiger partial charge in [0.15, 0.2) is 0 Å². The van der Waals surface area contributed by atoms with Crippen LogP contribution in [0.1, 0.15) is 23.3 Å². The van der Waals surface area contributed by atoms with Crippen molar-refractivity contribution < 1.29 is 17.9 Å². The predicted octanol–water partition coefficient (Wildman–Crippen LogP) is -0.181. The van der Waals surface area contributed by atoms with Crippen molar-refractivity contribution in [2.45, 2.75) is 17.7 Å². The van der Waals surface area contributed by atoms with Crippen LogP contribution < -0.4 is 10.5 Å². The number of carbonyl (C=O) groups excluding carboxylic acids is 1. The zero-order valence-corrected chi connectivity index (χ0v) is 11.2. The van der Waals surface area contributed by atoms with Crippen LogP contribution in [0.3, 0.4) is 0 Å². The molecule has 0 saturated carbocycles. The van der Waals surface area contributed by atoms with E-state index in [2.05, 4.69) is 10.3 Å². The van der Waals surface area contributed by atoms with E-state index in [4.69, 9.17) is 9.88 Å². The molecule has 1 amide bonds. The topological polar surface area (TPSA) is 114 Å². The van der Waals surface area contributed by atoms with Crippen molar-refractivity contribution >= 4 is 15.9 Å². The van der Waals surface area contributed by atoms with Gasteiger partial charge in [-0.2, -0.15) is 0 Å². The second-order valence-electron chi connectivity index (χ2n) is 4.56. The van der Waals surface area contributed by atoms with E-state index in [0.717, 1.165) is 26.1 Å². The van der Waals surface area contributed by atoms with Gasteiger partial charge < -0.3 is 15.0 Å². The van der Waals surface area contributed by atoms with Gasteiger partial charge in [-0.3, -0.25) is 4.79 Å². The third kappa shape index (κ3) is 3.79. The van der Waals surface area contributed by atoms with E-state index in [9.17, 15) is 13.2 Å². The molecule has 2 heterocycles. The first kappa shape index (κ1) is 14.0. The number of nitrogens with one attached hydrogen (secondary N) is 2. The molecule has 1 aliphatic rings. The molecular formula is C11H17N3O4S. The Morgan fingerprint density at radius 1 is 1.47 bits per heavy atom. The van der Waals surface area contributed by atoms with Crippen molar-refractivity contribution in [2.24, 2.45) is 11.1 Å². The van der Waals surface area contributed by atoms with Gasteiger partial charge >= 0.3 is 0 Å². The molecule has 0 aromatic carbocycles. The highest BCUT2D eigenvalue weighted by Crippen LogP contribution is 2.14. The van der Waals surface area contributed by atoms with Gasteiger partial charge in [0.2, 0.25) is 10.0 Å². The van der Waals surface area contributed by atoms with E-state index in [1.54, 1.807) is 0 Å². The Kier molecular flexibility index (Phi) is 4.23. The molecule has 0 radical (unpaired) electrons. The van der Waals surface area contributed by atoms with Crippen LogP contribution in [0.2, 0.25) is 0 Å². The van der Waals surface area contributed by atoms with Crippen LogP contribution >= 0.6 is 0 Å². The number of amides is 1. The van der Waals surface area contributed by atoms with Gasteiger partial charge in [0.25, 0.3) is 5.91 Å². The number of aromatic nitrogens is 1. The third-order valence-corrected chi connectivity index (χ3v) is 4.01. The SMILES string of the molecule is NS(=O)(=O)c1c[nH]c(C(=O)NCC2CCOCC2)c1. The Hall–Kier alpha value is -1.38. The maximum Gasteiger partial charge on any atom is 0.267 e. The Morgan fingerprint density at radius 3 is 2.74 bits per heavy atom. The van der Waals surface area contributed by atoms with Crippen LogP contribution in [-0.2, 0) is 14.8 Å². The summed E-state index contributed by atoms with van der Waals surface area (Å²) in [6.45, 7) is 2.00. The number of ether oxygens (including phenoxy) is 1. The molecule has 7 nitrogen and oxygen atoms in total. The van der Waals surface area contributed by atoms with E-state index in [0.29, 0.717) is 12.5 Å². The monoisotopic (exact) mass is 287 g/mol. The van der Waals surface area contributed by atoms with E-state index in [1.165, 1.54) is 12.3 Å². The highest BCUT2D eigenvalue weighted by atomic mass is 32.2. The lowest BCUT2D eigenvalue weighted by Crippen LogP contribution is -2.32. The fourth-order valence-electron chi connectivity index (χ4n) is 1.95. The van der Waals surface area contributed by atoms with Gasteiger partial charge in [-0.15, -0.1) is 0 Å². The number of sulfonamides is 1. The molecule has 106 valence electrons. The number of aromatic amines is 1. The van der Waals surface area contributed by atoms with Crippen LogP contribution in [0.25, 0.3) is 0 Å². The Bertz CT molecular complexity index is 546. The lowest BCUT2D eigenvalue weighted by molar-refractivity contribution is 0.0642. The molecule has 0 bridgehead atoms. The summed E-state index contributed by atoms with van der Waals surface area (Å²) < 4.78 is 27.4. The zero-order valence-electron chi connectivity index (χ0n) is 10.4. The lowest BCUT2D eigenvalue weighted by atomic mass is 10.0. The van der Waals surface area contributed by atoms with Gasteiger partial charge in [0.1, 0.15) is 5.69 Å². The fourth-order valence-corrected chi connectivity index (χ4v) is 2.46. The van der Waals surface area contributed by atoms with E-state index < -0.39 is 10.0 Å². The smallest absolute Gasteiger partial charge is 0.267 e. The molecule has 8 heteroatoms. The second-order valence-corrected chi connectivity index (χ2v) is 6.12. The number of hydrogen-bond acceptors (Lipinski definition) is 4. The van der Waals surface area contributed by atoms with Gasteiger partial charge in [-0.25, -0.2) is 13.6 Å². The van der Waals surface area contributed by atoms with Gasteiger partial charge in [-0.1, -0.05) is 0 Å². The van der Waals surface area contributed by atoms with E-state index in [1.807, 2.05) is 0 Å². The van der Waals surface area contributed by atoms with E-state index in [-0.39, 0.29) is 16.5 Å². The predicted molar refractivity (Wildman–Crippen MR) is 68.0 cm³/mol. The number of hydrogen-bond donors (Lipinski definition) is 3. The van der Waals surface area contributed by atoms with Crippen molar-refractivity contribution in [1.29, 1.82) is 0 Å². The molecular weight excluding hydrogens is 270 g/mol. The molecule has 1 fully saturated rings. The highest BCUT2D eigenvalue weighted by molar-refractivity contribution is 7.89. The number of primary sulfonamides is 1. The summed E-state index contributed by atoms with van der Waals surface area (Å²) in [6, 6.07) is 1.23. The maximum atomic E-state index is 11.8. The van der Waals surface area contributed by atoms with Gasteiger partial charge in [0.05, 0.1) is 4.90 Å². The molecule has 0 spiro atoms. The molecule has 2 rings (SSSR count). The Morgan fingerprint density at radius 2 is 2.16 bits per heavy atom. The van der Waals surface area contributed by atoms with Crippen LogP contribution in [0, 0.1) is 5.92 Å². The molecule has 1 saturated heterocycles. The Balaban J connectivity index is 1.91. The van der Waals surface area contributed by atoms with Crippen LogP contribution in [0.4, 0.5) is 0 Å². The summed E-state index contributed by atoms with van der Waals surface area (Å²) in [7, 11) is -3.78. The Labute approximate surface area is 111 Å². The largest absolute Gasteiger partial charge is 0.381 e. The molecule has 0 unspecified atom stereocenters. The molecule has 4 N–H and O–H groups in total. The third-order valence-electron chi connectivity index (χ3n) is 3.12. The summed E-state index contributed by atoms with van der Waals surface area (Å²) in [5.74, 6) is 0.0757. The minimum absolute atomic E-state index is 0.0938. The standard InChI is InChI=1S/C11H17N3O4S/c12-19(16,17)9-5-10(13-7-9)11(15)14-6-8-1-3-18-4-2-8/h5,7-8,13H,1-4,6H2,(H,14,15)(H2,12,16,17). The molecule has 1 aromatic heterocycles.